The Morgan fingerprint density at radius 1 is 1.38 bits per heavy atom. The first-order valence-corrected chi connectivity index (χ1v) is 7.77. The second kappa shape index (κ2) is 8.42. The summed E-state index contributed by atoms with van der Waals surface area (Å²) in [5, 5.41) is 14.5. The molecule has 0 aromatic heterocycles. The summed E-state index contributed by atoms with van der Waals surface area (Å²) >= 11 is 9.01. The highest BCUT2D eigenvalue weighted by molar-refractivity contribution is 9.10. The zero-order valence-corrected chi connectivity index (χ0v) is 14.5. The van der Waals surface area contributed by atoms with Gasteiger partial charge in [-0.2, -0.15) is 5.10 Å². The zero-order chi connectivity index (χ0) is 17.5. The monoisotopic (exact) mass is 411 g/mol. The zero-order valence-electron chi connectivity index (χ0n) is 12.1. The molecule has 0 bridgehead atoms. The highest BCUT2D eigenvalue weighted by Crippen LogP contribution is 2.24. The first kappa shape index (κ1) is 17.9. The van der Waals surface area contributed by atoms with Crippen molar-refractivity contribution in [2.45, 2.75) is 0 Å². The lowest BCUT2D eigenvalue weighted by atomic mass is 10.2. The van der Waals surface area contributed by atoms with Crippen molar-refractivity contribution in [1.82, 2.24) is 5.43 Å². The van der Waals surface area contributed by atoms with E-state index in [0.717, 1.165) is 4.47 Å². The van der Waals surface area contributed by atoms with Gasteiger partial charge in [0.1, 0.15) is 10.8 Å². The Bertz CT molecular complexity index is 798. The molecule has 2 aromatic rings. The molecule has 9 heteroatoms. The summed E-state index contributed by atoms with van der Waals surface area (Å²) in [6.45, 7) is -0.214. The summed E-state index contributed by atoms with van der Waals surface area (Å²) in [6, 6.07) is 11.3. The SMILES string of the molecule is O=C(COc1cccc(Br)c1)N/N=C/c1ccc(Cl)c([N+](=O)[O-])c1. The number of carbonyl (C=O) groups is 1. The van der Waals surface area contributed by atoms with Gasteiger partial charge in [0.05, 0.1) is 11.1 Å². The summed E-state index contributed by atoms with van der Waals surface area (Å²) in [6.07, 6.45) is 1.28. The lowest BCUT2D eigenvalue weighted by molar-refractivity contribution is -0.384. The lowest BCUT2D eigenvalue weighted by Crippen LogP contribution is -2.24. The number of carbonyl (C=O) groups excluding carboxylic acids is 1. The normalized spacial score (nSPS) is 10.6. The van der Waals surface area contributed by atoms with Crippen molar-refractivity contribution < 1.29 is 14.5 Å². The molecule has 24 heavy (non-hydrogen) atoms. The van der Waals surface area contributed by atoms with E-state index in [2.05, 4.69) is 26.5 Å². The summed E-state index contributed by atoms with van der Waals surface area (Å²) in [5.41, 5.74) is 2.47. The number of hydrogen-bond donors (Lipinski definition) is 1. The van der Waals surface area contributed by atoms with E-state index in [1.165, 1.54) is 18.3 Å². The van der Waals surface area contributed by atoms with Crippen LogP contribution in [0.15, 0.2) is 52.0 Å². The molecule has 2 rings (SSSR count). The van der Waals surface area contributed by atoms with E-state index in [0.29, 0.717) is 11.3 Å². The standard InChI is InChI=1S/C15H11BrClN3O4/c16-11-2-1-3-12(7-11)24-9-15(21)19-18-8-10-4-5-13(17)14(6-10)20(22)23/h1-8H,9H2,(H,19,21)/b18-8+. The van der Waals surface area contributed by atoms with E-state index in [1.54, 1.807) is 24.3 Å². The number of nitro benzene ring substituents is 1. The van der Waals surface area contributed by atoms with Crippen LogP contribution in [-0.2, 0) is 4.79 Å². The van der Waals surface area contributed by atoms with Crippen LogP contribution in [0.1, 0.15) is 5.56 Å². The topological polar surface area (TPSA) is 93.8 Å². The first-order chi connectivity index (χ1) is 11.5. The van der Waals surface area contributed by atoms with Crippen LogP contribution < -0.4 is 10.2 Å². The van der Waals surface area contributed by atoms with E-state index in [1.807, 2.05) is 6.07 Å². The Balaban J connectivity index is 1.88. The van der Waals surface area contributed by atoms with Crippen LogP contribution in [0, 0.1) is 10.1 Å². The van der Waals surface area contributed by atoms with E-state index >= 15 is 0 Å². The van der Waals surface area contributed by atoms with Crippen LogP contribution in [0.4, 0.5) is 5.69 Å². The Morgan fingerprint density at radius 3 is 2.88 bits per heavy atom. The number of hydrogen-bond acceptors (Lipinski definition) is 5. The minimum atomic E-state index is -0.593. The predicted octanol–water partition coefficient (Wildman–Crippen LogP) is 3.54. The average Bonchev–Trinajstić information content (AvgIpc) is 2.54. The molecular weight excluding hydrogens is 402 g/mol. The van der Waals surface area contributed by atoms with Crippen molar-refractivity contribution in [2.24, 2.45) is 5.10 Å². The Hall–Kier alpha value is -2.45. The number of hydrazone groups is 1. The second-order valence-corrected chi connectivity index (χ2v) is 5.83. The minimum absolute atomic E-state index is 0.0311. The number of amides is 1. The third kappa shape index (κ3) is 5.32. The van der Waals surface area contributed by atoms with Crippen LogP contribution in [0.2, 0.25) is 5.02 Å². The fourth-order valence-corrected chi connectivity index (χ4v) is 2.23. The van der Waals surface area contributed by atoms with Gasteiger partial charge in [0.2, 0.25) is 0 Å². The lowest BCUT2D eigenvalue weighted by Gasteiger charge is -2.05. The number of nitro groups is 1. The molecule has 0 atom stereocenters. The van der Waals surface area contributed by atoms with Gasteiger partial charge in [-0.05, 0) is 24.3 Å². The van der Waals surface area contributed by atoms with Crippen molar-refractivity contribution in [3.63, 3.8) is 0 Å². The fraction of sp³-hybridized carbons (Fsp3) is 0.0667. The third-order valence-corrected chi connectivity index (χ3v) is 3.55. The maximum absolute atomic E-state index is 11.6. The summed E-state index contributed by atoms with van der Waals surface area (Å²) in [5.74, 6) is 0.0755. The van der Waals surface area contributed by atoms with Crippen molar-refractivity contribution in [3.8, 4) is 5.75 Å². The number of benzene rings is 2. The van der Waals surface area contributed by atoms with Gasteiger partial charge in [-0.3, -0.25) is 14.9 Å². The van der Waals surface area contributed by atoms with Crippen LogP contribution in [-0.4, -0.2) is 23.7 Å². The van der Waals surface area contributed by atoms with Gasteiger partial charge >= 0.3 is 0 Å². The molecule has 2 aromatic carbocycles. The van der Waals surface area contributed by atoms with Crippen LogP contribution in [0.25, 0.3) is 0 Å². The molecule has 0 aliphatic rings. The Morgan fingerprint density at radius 2 is 2.17 bits per heavy atom. The highest BCUT2D eigenvalue weighted by atomic mass is 79.9. The van der Waals surface area contributed by atoms with Crippen molar-refractivity contribution in [2.75, 3.05) is 6.61 Å². The van der Waals surface area contributed by atoms with Gasteiger partial charge in [-0.1, -0.05) is 39.7 Å². The predicted molar refractivity (Wildman–Crippen MR) is 93.5 cm³/mol. The van der Waals surface area contributed by atoms with Crippen LogP contribution in [0.5, 0.6) is 5.75 Å². The molecule has 0 aliphatic heterocycles. The van der Waals surface area contributed by atoms with E-state index in [9.17, 15) is 14.9 Å². The molecule has 0 aliphatic carbocycles. The molecule has 1 N–H and O–H groups in total. The van der Waals surface area contributed by atoms with Gasteiger partial charge in [0, 0.05) is 16.1 Å². The minimum Gasteiger partial charge on any atom is -0.484 e. The first-order valence-electron chi connectivity index (χ1n) is 6.60. The summed E-state index contributed by atoms with van der Waals surface area (Å²) in [4.78, 5) is 21.8. The third-order valence-electron chi connectivity index (χ3n) is 2.74. The molecule has 7 nitrogen and oxygen atoms in total. The maximum Gasteiger partial charge on any atom is 0.288 e. The molecule has 124 valence electrons. The van der Waals surface area contributed by atoms with Gasteiger partial charge < -0.3 is 4.74 Å². The molecule has 0 saturated carbocycles. The number of rotatable bonds is 6. The van der Waals surface area contributed by atoms with Crippen molar-refractivity contribution >= 4 is 45.3 Å². The number of nitrogens with one attached hydrogen (secondary N) is 1. The highest BCUT2D eigenvalue weighted by Gasteiger charge is 2.11. The van der Waals surface area contributed by atoms with Gasteiger partial charge in [-0.15, -0.1) is 0 Å². The molecular formula is C15H11BrClN3O4. The van der Waals surface area contributed by atoms with E-state index in [-0.39, 0.29) is 17.3 Å². The van der Waals surface area contributed by atoms with Crippen molar-refractivity contribution in [3.05, 3.63) is 67.6 Å². The van der Waals surface area contributed by atoms with E-state index in [4.69, 9.17) is 16.3 Å². The van der Waals surface area contributed by atoms with Crippen LogP contribution >= 0.6 is 27.5 Å². The smallest absolute Gasteiger partial charge is 0.288 e. The van der Waals surface area contributed by atoms with Crippen LogP contribution in [0.3, 0.4) is 0 Å². The maximum atomic E-state index is 11.6. The van der Waals surface area contributed by atoms with E-state index < -0.39 is 10.8 Å². The molecule has 0 heterocycles. The average molecular weight is 413 g/mol. The van der Waals surface area contributed by atoms with Gasteiger partial charge in [0.15, 0.2) is 6.61 Å². The largest absolute Gasteiger partial charge is 0.484 e. The second-order valence-electron chi connectivity index (χ2n) is 4.51. The molecule has 0 radical (unpaired) electrons. The summed E-state index contributed by atoms with van der Waals surface area (Å²) in [7, 11) is 0. The Kier molecular flexibility index (Phi) is 6.28. The summed E-state index contributed by atoms with van der Waals surface area (Å²) < 4.78 is 6.13. The molecule has 0 spiro atoms. The molecule has 1 amide bonds. The Labute approximate surface area is 150 Å². The quantitative estimate of drug-likeness (QED) is 0.446. The molecule has 0 fully saturated rings. The van der Waals surface area contributed by atoms with Gasteiger partial charge in [0.25, 0.3) is 11.6 Å². The molecule has 0 saturated heterocycles. The fourth-order valence-electron chi connectivity index (χ4n) is 1.67. The van der Waals surface area contributed by atoms with Gasteiger partial charge in [-0.25, -0.2) is 5.43 Å². The number of halogens is 2. The molecule has 0 unspecified atom stereocenters. The number of ether oxygens (including phenoxy) is 1. The van der Waals surface area contributed by atoms with Crippen molar-refractivity contribution in [1.29, 1.82) is 0 Å². The number of nitrogens with zero attached hydrogens (tertiary/aromatic N) is 2.